The van der Waals surface area contributed by atoms with E-state index in [1.54, 1.807) is 25.1 Å². The zero-order valence-corrected chi connectivity index (χ0v) is 26.6. The zero-order chi connectivity index (χ0) is 32.5. The quantitative estimate of drug-likeness (QED) is 0.260. The molecule has 250 valence electrons. The molecule has 3 aromatic carbocycles. The molecular weight excluding hydrogens is 599 g/mol. The third-order valence-corrected chi connectivity index (χ3v) is 9.07. The van der Waals surface area contributed by atoms with Crippen LogP contribution in [0.5, 0.6) is 11.5 Å². The van der Waals surface area contributed by atoms with E-state index in [2.05, 4.69) is 5.32 Å². The lowest BCUT2D eigenvalue weighted by atomic mass is 9.84. The summed E-state index contributed by atoms with van der Waals surface area (Å²) in [7, 11) is 0. The van der Waals surface area contributed by atoms with Gasteiger partial charge in [-0.05, 0) is 93.8 Å². The molecule has 1 N–H and O–H groups in total. The molecule has 0 radical (unpaired) electrons. The highest BCUT2D eigenvalue weighted by atomic mass is 19.4. The van der Waals surface area contributed by atoms with Gasteiger partial charge < -0.3 is 14.8 Å². The first-order valence-electron chi connectivity index (χ1n) is 16.7. The minimum Gasteiger partial charge on any atom is -0.490 e. The highest BCUT2D eigenvalue weighted by molar-refractivity contribution is 5.46. The molecule has 3 aromatic rings. The Bertz CT molecular complexity index is 1360. The summed E-state index contributed by atoms with van der Waals surface area (Å²) >= 11 is 0. The van der Waals surface area contributed by atoms with Crippen molar-refractivity contribution >= 4 is 0 Å². The van der Waals surface area contributed by atoms with Crippen molar-refractivity contribution < 1.29 is 31.4 Å². The van der Waals surface area contributed by atoms with Crippen LogP contribution in [0, 0.1) is 11.6 Å². The molecule has 46 heavy (non-hydrogen) atoms. The summed E-state index contributed by atoms with van der Waals surface area (Å²) in [5.74, 6) is -1.20. The second kappa shape index (κ2) is 16.1. The van der Waals surface area contributed by atoms with Gasteiger partial charge >= 0.3 is 6.18 Å². The van der Waals surface area contributed by atoms with E-state index in [1.165, 1.54) is 0 Å². The van der Waals surface area contributed by atoms with E-state index in [1.807, 2.05) is 30.3 Å². The Morgan fingerprint density at radius 2 is 1.46 bits per heavy atom. The fourth-order valence-electron chi connectivity index (χ4n) is 6.74. The molecule has 2 aliphatic heterocycles. The Morgan fingerprint density at radius 1 is 0.804 bits per heavy atom. The molecule has 2 heterocycles. The van der Waals surface area contributed by atoms with Crippen LogP contribution in [0.2, 0.25) is 0 Å². The van der Waals surface area contributed by atoms with Crippen LogP contribution >= 0.6 is 0 Å². The van der Waals surface area contributed by atoms with Gasteiger partial charge in [0, 0.05) is 23.7 Å². The number of fused-ring (bicyclic) bond motifs is 1. The number of nitrogens with one attached hydrogen (secondary N) is 1. The lowest BCUT2D eigenvalue weighted by Crippen LogP contribution is -2.47. The summed E-state index contributed by atoms with van der Waals surface area (Å²) in [5, 5.41) is 3.47. The summed E-state index contributed by atoms with van der Waals surface area (Å²) < 4.78 is 85.7. The van der Waals surface area contributed by atoms with Crippen LogP contribution < -0.4 is 14.8 Å². The molecule has 0 bridgehead atoms. The van der Waals surface area contributed by atoms with Gasteiger partial charge in [0.15, 0.2) is 0 Å². The number of hydrogen-bond donors (Lipinski definition) is 1. The lowest BCUT2D eigenvalue weighted by Gasteiger charge is -2.42. The van der Waals surface area contributed by atoms with Crippen LogP contribution in [-0.2, 0) is 13.0 Å². The van der Waals surface area contributed by atoms with Gasteiger partial charge in [0.05, 0.1) is 18.7 Å². The smallest absolute Gasteiger partial charge is 0.401 e. The number of rotatable bonds is 7. The predicted molar refractivity (Wildman–Crippen MR) is 170 cm³/mol. The van der Waals surface area contributed by atoms with Crippen molar-refractivity contribution in [3.63, 3.8) is 0 Å². The summed E-state index contributed by atoms with van der Waals surface area (Å²) in [5.41, 5.74) is 1.72. The molecule has 1 fully saturated rings. The second-order valence-electron chi connectivity index (χ2n) is 12.7. The third-order valence-electron chi connectivity index (χ3n) is 9.07. The zero-order valence-electron chi connectivity index (χ0n) is 26.6. The number of hydrogen-bond acceptors (Lipinski definition) is 4. The van der Waals surface area contributed by atoms with Crippen molar-refractivity contribution in [3.05, 3.63) is 94.6 Å². The minimum absolute atomic E-state index is 0.0749. The summed E-state index contributed by atoms with van der Waals surface area (Å²) in [4.78, 5) is 1.15. The topological polar surface area (TPSA) is 33.7 Å². The summed E-state index contributed by atoms with van der Waals surface area (Å²) in [6.45, 7) is 2.70. The van der Waals surface area contributed by atoms with Crippen molar-refractivity contribution in [2.45, 2.75) is 102 Å². The average Bonchev–Trinajstić information content (AvgIpc) is 3.03. The number of nitrogens with zero attached hydrogens (tertiary/aromatic N) is 1. The first-order valence-corrected chi connectivity index (χ1v) is 16.7. The summed E-state index contributed by atoms with van der Waals surface area (Å²) in [6, 6.07) is 15.1. The van der Waals surface area contributed by atoms with Crippen LogP contribution in [0.15, 0.2) is 60.7 Å². The largest absolute Gasteiger partial charge is 0.490 e. The van der Waals surface area contributed by atoms with Crippen molar-refractivity contribution in [1.29, 1.82) is 0 Å². The molecule has 4 nitrogen and oxygen atoms in total. The highest BCUT2D eigenvalue weighted by Gasteiger charge is 2.42. The van der Waals surface area contributed by atoms with Crippen molar-refractivity contribution in [2.75, 3.05) is 19.6 Å². The molecule has 0 saturated carbocycles. The molecule has 5 rings (SSSR count). The lowest BCUT2D eigenvalue weighted by molar-refractivity contribution is -0.155. The van der Waals surface area contributed by atoms with E-state index in [0.717, 1.165) is 93.5 Å². The van der Waals surface area contributed by atoms with Crippen LogP contribution in [0.1, 0.15) is 93.0 Å². The molecule has 2 unspecified atom stereocenters. The van der Waals surface area contributed by atoms with E-state index in [0.29, 0.717) is 23.5 Å². The number of halogens is 5. The maximum Gasteiger partial charge on any atom is 0.401 e. The van der Waals surface area contributed by atoms with Gasteiger partial charge in [0.25, 0.3) is 0 Å². The molecule has 3 atom stereocenters. The third kappa shape index (κ3) is 9.44. The number of benzene rings is 3. The molecule has 0 aromatic heterocycles. The van der Waals surface area contributed by atoms with Gasteiger partial charge in [0.1, 0.15) is 29.7 Å². The molecule has 1 saturated heterocycles. The average molecular weight is 645 g/mol. The Balaban J connectivity index is 1.40. The molecule has 0 aliphatic carbocycles. The number of alkyl halides is 3. The van der Waals surface area contributed by atoms with Crippen molar-refractivity contribution in [2.24, 2.45) is 0 Å². The maximum absolute atomic E-state index is 16.0. The van der Waals surface area contributed by atoms with E-state index in [9.17, 15) is 13.2 Å². The molecular formula is C37H45F5N2O2. The van der Waals surface area contributed by atoms with Gasteiger partial charge in [-0.2, -0.15) is 13.2 Å². The van der Waals surface area contributed by atoms with Gasteiger partial charge in [0.2, 0.25) is 0 Å². The number of ether oxygens (including phenoxy) is 2. The highest BCUT2D eigenvalue weighted by Crippen LogP contribution is 2.43. The Kier molecular flexibility index (Phi) is 12.0. The van der Waals surface area contributed by atoms with E-state index < -0.39 is 42.0 Å². The fraction of sp³-hybridized carbons (Fsp3) is 0.514. The Labute approximate surface area is 269 Å². The van der Waals surface area contributed by atoms with Crippen LogP contribution in [0.3, 0.4) is 0 Å². The summed E-state index contributed by atoms with van der Waals surface area (Å²) in [6.07, 6.45) is 4.47. The van der Waals surface area contributed by atoms with Crippen LogP contribution in [0.25, 0.3) is 0 Å². The van der Waals surface area contributed by atoms with Gasteiger partial charge in [-0.1, -0.05) is 55.7 Å². The minimum atomic E-state index is -4.55. The van der Waals surface area contributed by atoms with E-state index in [-0.39, 0.29) is 18.3 Å². The predicted octanol–water partition coefficient (Wildman–Crippen LogP) is 9.30. The van der Waals surface area contributed by atoms with E-state index >= 15 is 8.78 Å². The molecule has 0 amide bonds. The SMILES string of the molecule is C[C@@H]1Cc2cc(OCc3ccccc3)ccc2C(c2c(F)cc(OC3CCCCCCNCCCCC3)cc2F)N1CC(F)(F)F. The first kappa shape index (κ1) is 34.2. The van der Waals surface area contributed by atoms with Gasteiger partial charge in [-0.3, -0.25) is 4.90 Å². The van der Waals surface area contributed by atoms with Crippen molar-refractivity contribution in [1.82, 2.24) is 10.2 Å². The van der Waals surface area contributed by atoms with Crippen molar-refractivity contribution in [3.8, 4) is 11.5 Å². The molecule has 2 aliphatic rings. The molecule has 0 spiro atoms. The maximum atomic E-state index is 16.0. The monoisotopic (exact) mass is 644 g/mol. The van der Waals surface area contributed by atoms with Gasteiger partial charge in [-0.25, -0.2) is 8.78 Å². The Hall–Kier alpha value is -3.17. The second-order valence-corrected chi connectivity index (χ2v) is 12.7. The normalized spacial score (nSPS) is 22.2. The van der Waals surface area contributed by atoms with Crippen LogP contribution in [0.4, 0.5) is 22.0 Å². The Morgan fingerprint density at radius 3 is 2.13 bits per heavy atom. The standard InChI is InChI=1S/C37H45F5N2O2/c1-26-20-28-21-30(45-24-27-12-6-4-7-13-27)16-17-32(28)36(44(26)25-37(40,41)42)35-33(38)22-31(23-34(35)39)46-29-14-8-2-3-10-18-43-19-11-5-9-15-29/h4,6-7,12-13,16-17,21-23,26,29,36,43H,2-3,5,8-11,14-15,18-20,24-25H2,1H3/t26-,29?,36?/m1/s1. The fourth-order valence-corrected chi connectivity index (χ4v) is 6.74. The van der Waals surface area contributed by atoms with Crippen LogP contribution in [-0.4, -0.2) is 42.9 Å². The van der Waals surface area contributed by atoms with Gasteiger partial charge in [-0.15, -0.1) is 0 Å². The molecule has 9 heteroatoms. The first-order chi connectivity index (χ1) is 22.2. The van der Waals surface area contributed by atoms with E-state index in [4.69, 9.17) is 9.47 Å².